The maximum absolute atomic E-state index is 12.1. The van der Waals surface area contributed by atoms with Gasteiger partial charge in [0.05, 0.1) is 16.5 Å². The molecule has 5 heteroatoms. The molecule has 1 aromatic rings. The lowest BCUT2D eigenvalue weighted by atomic mass is 10.1. The Hall–Kier alpha value is -1.55. The van der Waals surface area contributed by atoms with Crippen LogP contribution >= 0.6 is 11.6 Å². The van der Waals surface area contributed by atoms with E-state index in [1.54, 1.807) is 32.2 Å². The first-order chi connectivity index (χ1) is 8.32. The summed E-state index contributed by atoms with van der Waals surface area (Å²) in [5.41, 5.74) is 1.36. The molecule has 1 atom stereocenters. The van der Waals surface area contributed by atoms with Crippen LogP contribution < -0.4 is 0 Å². The van der Waals surface area contributed by atoms with E-state index in [1.165, 1.54) is 4.90 Å². The zero-order valence-corrected chi connectivity index (χ0v) is 11.4. The highest BCUT2D eigenvalue weighted by molar-refractivity contribution is 6.33. The maximum atomic E-state index is 12.1. The van der Waals surface area contributed by atoms with Crippen LogP contribution in [0.4, 0.5) is 0 Å². The predicted molar refractivity (Wildman–Crippen MR) is 69.9 cm³/mol. The Morgan fingerprint density at radius 1 is 1.44 bits per heavy atom. The van der Waals surface area contributed by atoms with Crippen molar-refractivity contribution in [1.82, 2.24) is 4.90 Å². The third kappa shape index (κ3) is 3.47. The number of carbonyl (C=O) groups is 2. The van der Waals surface area contributed by atoms with Gasteiger partial charge in [-0.05, 0) is 24.6 Å². The van der Waals surface area contributed by atoms with Crippen molar-refractivity contribution in [3.8, 4) is 0 Å². The van der Waals surface area contributed by atoms with Crippen LogP contribution in [-0.4, -0.2) is 35.5 Å². The quantitative estimate of drug-likeness (QED) is 0.913. The molecule has 0 saturated carbocycles. The second-order valence-corrected chi connectivity index (χ2v) is 4.82. The van der Waals surface area contributed by atoms with Gasteiger partial charge in [-0.1, -0.05) is 24.6 Å². The number of hydrogen-bond acceptors (Lipinski definition) is 2. The smallest absolute Gasteiger partial charge is 0.308 e. The van der Waals surface area contributed by atoms with E-state index in [-0.39, 0.29) is 12.5 Å². The summed E-state index contributed by atoms with van der Waals surface area (Å²) in [5, 5.41) is 9.19. The molecule has 1 aromatic carbocycles. The first-order valence-electron chi connectivity index (χ1n) is 5.57. The van der Waals surface area contributed by atoms with Gasteiger partial charge >= 0.3 is 5.97 Å². The van der Waals surface area contributed by atoms with Gasteiger partial charge in [0.2, 0.25) is 0 Å². The van der Waals surface area contributed by atoms with Crippen LogP contribution in [0.2, 0.25) is 5.02 Å². The van der Waals surface area contributed by atoms with Crippen molar-refractivity contribution in [3.05, 3.63) is 34.3 Å². The molecule has 0 fully saturated rings. The average Bonchev–Trinajstić information content (AvgIpc) is 2.27. The summed E-state index contributed by atoms with van der Waals surface area (Å²) in [6.45, 7) is 3.59. The fraction of sp³-hybridized carbons (Fsp3) is 0.385. The van der Waals surface area contributed by atoms with E-state index in [4.69, 9.17) is 16.7 Å². The maximum Gasteiger partial charge on any atom is 0.308 e. The highest BCUT2D eigenvalue weighted by atomic mass is 35.5. The van der Waals surface area contributed by atoms with Gasteiger partial charge in [0, 0.05) is 13.6 Å². The van der Waals surface area contributed by atoms with Crippen LogP contribution in [0.5, 0.6) is 0 Å². The molecule has 0 aromatic heterocycles. The molecular formula is C13H16ClNO3. The zero-order valence-electron chi connectivity index (χ0n) is 10.6. The number of aryl methyl sites for hydroxylation is 1. The number of benzene rings is 1. The van der Waals surface area contributed by atoms with Gasteiger partial charge in [-0.25, -0.2) is 0 Å². The van der Waals surface area contributed by atoms with E-state index in [9.17, 15) is 9.59 Å². The van der Waals surface area contributed by atoms with Crippen molar-refractivity contribution in [2.24, 2.45) is 5.92 Å². The summed E-state index contributed by atoms with van der Waals surface area (Å²) in [7, 11) is 1.57. The molecule has 0 aliphatic carbocycles. The van der Waals surface area contributed by atoms with Gasteiger partial charge in [-0.2, -0.15) is 0 Å². The molecule has 1 N–H and O–H groups in total. The zero-order chi connectivity index (χ0) is 13.9. The Kier molecular flexibility index (Phi) is 4.73. The lowest BCUT2D eigenvalue weighted by molar-refractivity contribution is -0.141. The predicted octanol–water partition coefficient (Wildman–Crippen LogP) is 2.44. The summed E-state index contributed by atoms with van der Waals surface area (Å²) in [6, 6.07) is 5.17. The lowest BCUT2D eigenvalue weighted by Crippen LogP contribution is -2.33. The van der Waals surface area contributed by atoms with Crippen molar-refractivity contribution in [3.63, 3.8) is 0 Å². The number of rotatable bonds is 4. The number of halogens is 1. The van der Waals surface area contributed by atoms with Crippen LogP contribution in [-0.2, 0) is 4.79 Å². The molecule has 0 spiro atoms. The van der Waals surface area contributed by atoms with Crippen molar-refractivity contribution in [1.29, 1.82) is 0 Å². The number of carboxylic acid groups (broad SMARTS) is 1. The minimum atomic E-state index is -0.926. The van der Waals surface area contributed by atoms with Crippen molar-refractivity contribution in [2.75, 3.05) is 13.6 Å². The van der Waals surface area contributed by atoms with E-state index in [1.807, 2.05) is 6.92 Å². The molecule has 0 aliphatic rings. The van der Waals surface area contributed by atoms with Gasteiger partial charge in [0.1, 0.15) is 0 Å². The van der Waals surface area contributed by atoms with Crippen molar-refractivity contribution < 1.29 is 14.7 Å². The van der Waals surface area contributed by atoms with Gasteiger partial charge < -0.3 is 10.0 Å². The summed E-state index contributed by atoms with van der Waals surface area (Å²) in [6.07, 6.45) is 0. The largest absolute Gasteiger partial charge is 0.481 e. The van der Waals surface area contributed by atoms with E-state index in [0.717, 1.165) is 5.56 Å². The molecule has 1 amide bonds. The van der Waals surface area contributed by atoms with Crippen molar-refractivity contribution in [2.45, 2.75) is 13.8 Å². The normalized spacial score (nSPS) is 12.0. The monoisotopic (exact) mass is 269 g/mol. The summed E-state index contributed by atoms with van der Waals surface area (Å²) in [4.78, 5) is 24.2. The molecule has 1 rings (SSSR count). The minimum absolute atomic E-state index is 0.151. The molecule has 98 valence electrons. The SMILES string of the molecule is Cc1ccc(C(=O)N(C)CC(C)C(=O)O)c(Cl)c1. The average molecular weight is 270 g/mol. The van der Waals surface area contributed by atoms with E-state index in [0.29, 0.717) is 10.6 Å². The molecule has 18 heavy (non-hydrogen) atoms. The Labute approximate surface area is 111 Å². The van der Waals surface area contributed by atoms with Crippen LogP contribution in [0, 0.1) is 12.8 Å². The third-order valence-electron chi connectivity index (χ3n) is 2.67. The van der Waals surface area contributed by atoms with Gasteiger partial charge in [-0.15, -0.1) is 0 Å². The van der Waals surface area contributed by atoms with Crippen LogP contribution in [0.25, 0.3) is 0 Å². The van der Waals surface area contributed by atoms with Crippen LogP contribution in [0.1, 0.15) is 22.8 Å². The first kappa shape index (κ1) is 14.5. The standard InChI is InChI=1S/C13H16ClNO3/c1-8-4-5-10(11(14)6-8)12(16)15(3)7-9(2)13(17)18/h4-6,9H,7H2,1-3H3,(H,17,18). The number of amides is 1. The second-order valence-electron chi connectivity index (χ2n) is 4.41. The van der Waals surface area contributed by atoms with Crippen molar-refractivity contribution >= 4 is 23.5 Å². The van der Waals surface area contributed by atoms with Gasteiger partial charge in [0.25, 0.3) is 5.91 Å². The molecule has 0 heterocycles. The Bertz CT molecular complexity index is 473. The summed E-state index contributed by atoms with van der Waals surface area (Å²) in [5.74, 6) is -1.80. The molecule has 0 saturated heterocycles. The highest BCUT2D eigenvalue weighted by Crippen LogP contribution is 2.19. The van der Waals surface area contributed by atoms with E-state index >= 15 is 0 Å². The van der Waals surface area contributed by atoms with Crippen LogP contribution in [0.3, 0.4) is 0 Å². The number of hydrogen-bond donors (Lipinski definition) is 1. The summed E-state index contributed by atoms with van der Waals surface area (Å²) < 4.78 is 0. The number of carboxylic acids is 1. The molecule has 0 bridgehead atoms. The highest BCUT2D eigenvalue weighted by Gasteiger charge is 2.20. The second kappa shape index (κ2) is 5.87. The van der Waals surface area contributed by atoms with Crippen LogP contribution in [0.15, 0.2) is 18.2 Å². The molecule has 0 aliphatic heterocycles. The summed E-state index contributed by atoms with van der Waals surface area (Å²) >= 11 is 6.00. The van der Waals surface area contributed by atoms with Gasteiger partial charge in [-0.3, -0.25) is 9.59 Å². The lowest BCUT2D eigenvalue weighted by Gasteiger charge is -2.20. The number of nitrogens with zero attached hydrogens (tertiary/aromatic N) is 1. The fourth-order valence-corrected chi connectivity index (χ4v) is 1.89. The molecule has 1 unspecified atom stereocenters. The molecular weight excluding hydrogens is 254 g/mol. The number of carbonyl (C=O) groups excluding carboxylic acids is 1. The van der Waals surface area contributed by atoms with E-state index in [2.05, 4.69) is 0 Å². The van der Waals surface area contributed by atoms with Gasteiger partial charge in [0.15, 0.2) is 0 Å². The van der Waals surface area contributed by atoms with E-state index < -0.39 is 11.9 Å². The Morgan fingerprint density at radius 2 is 2.06 bits per heavy atom. The molecule has 0 radical (unpaired) electrons. The minimum Gasteiger partial charge on any atom is -0.481 e. The number of aliphatic carboxylic acids is 1. The Morgan fingerprint density at radius 3 is 2.56 bits per heavy atom. The first-order valence-corrected chi connectivity index (χ1v) is 5.95. The third-order valence-corrected chi connectivity index (χ3v) is 2.98. The molecule has 4 nitrogen and oxygen atoms in total. The fourth-order valence-electron chi connectivity index (χ4n) is 1.57. The Balaban J connectivity index is 2.83. The topological polar surface area (TPSA) is 57.6 Å².